The summed E-state index contributed by atoms with van der Waals surface area (Å²) in [6.07, 6.45) is 1.95. The van der Waals surface area contributed by atoms with Crippen molar-refractivity contribution in [3.05, 3.63) is 58.6 Å². The van der Waals surface area contributed by atoms with Crippen LogP contribution in [0.5, 0.6) is 0 Å². The van der Waals surface area contributed by atoms with Gasteiger partial charge in [0.05, 0.1) is 4.90 Å². The van der Waals surface area contributed by atoms with E-state index >= 15 is 0 Å². The molecule has 0 aliphatic carbocycles. The van der Waals surface area contributed by atoms with Crippen molar-refractivity contribution >= 4 is 37.5 Å². The number of nitrogens with one attached hydrogen (secondary N) is 1. The number of halogens is 1. The van der Waals surface area contributed by atoms with Crippen LogP contribution < -0.4 is 5.32 Å². The summed E-state index contributed by atoms with van der Waals surface area (Å²) >= 11 is 3.33. The molecule has 7 heteroatoms. The number of anilines is 1. The van der Waals surface area contributed by atoms with Crippen LogP contribution in [0.1, 0.15) is 30.1 Å². The molecule has 1 N–H and O–H groups in total. The Bertz CT molecular complexity index is 880. The van der Waals surface area contributed by atoms with Crippen LogP contribution >= 0.6 is 15.9 Å². The van der Waals surface area contributed by atoms with Gasteiger partial charge in [-0.15, -0.1) is 0 Å². The van der Waals surface area contributed by atoms with E-state index in [-0.39, 0.29) is 10.8 Å². The first kappa shape index (κ1) is 19.1. The van der Waals surface area contributed by atoms with Gasteiger partial charge in [0.1, 0.15) is 0 Å². The summed E-state index contributed by atoms with van der Waals surface area (Å²) < 4.78 is 28.0. The normalized spacial score (nSPS) is 18.5. The minimum atomic E-state index is -3.48. The summed E-state index contributed by atoms with van der Waals surface area (Å²) in [6.45, 7) is 3.20. The van der Waals surface area contributed by atoms with Crippen LogP contribution in [0, 0.1) is 5.92 Å². The fourth-order valence-corrected chi connectivity index (χ4v) is 4.89. The molecule has 5 nitrogen and oxygen atoms in total. The molecule has 3 rings (SSSR count). The molecule has 1 atom stereocenters. The fourth-order valence-electron chi connectivity index (χ4n) is 3.03. The number of piperidine rings is 1. The number of carbonyl (C=O) groups is 1. The third-order valence-corrected chi connectivity index (χ3v) is 6.88. The van der Waals surface area contributed by atoms with E-state index in [0.29, 0.717) is 30.3 Å². The largest absolute Gasteiger partial charge is 0.322 e. The molecule has 0 bridgehead atoms. The highest BCUT2D eigenvalue weighted by atomic mass is 79.9. The molecule has 1 amide bonds. The first-order valence-corrected chi connectivity index (χ1v) is 10.8. The molecule has 138 valence electrons. The standard InChI is InChI=1S/C19H21BrN2O3S/c1-14-3-2-12-22(13-14)26(24,25)18-10-8-17(9-11-18)21-19(23)15-4-6-16(20)7-5-15/h4-11,14H,2-3,12-13H2,1H3,(H,21,23)/t14-/m0/s1. The summed E-state index contributed by atoms with van der Waals surface area (Å²) in [6, 6.07) is 13.4. The molecule has 2 aromatic rings. The molecule has 0 spiro atoms. The van der Waals surface area contributed by atoms with Crippen LogP contribution in [0.4, 0.5) is 5.69 Å². The van der Waals surface area contributed by atoms with Crippen molar-refractivity contribution < 1.29 is 13.2 Å². The number of sulfonamides is 1. The monoisotopic (exact) mass is 436 g/mol. The second-order valence-corrected chi connectivity index (χ2v) is 9.45. The lowest BCUT2D eigenvalue weighted by Crippen LogP contribution is -2.39. The Labute approximate surface area is 162 Å². The SMILES string of the molecule is C[C@H]1CCCN(S(=O)(=O)c2ccc(NC(=O)c3ccc(Br)cc3)cc2)C1. The summed E-state index contributed by atoms with van der Waals surface area (Å²) in [4.78, 5) is 12.5. The van der Waals surface area contributed by atoms with Crippen molar-refractivity contribution in [2.75, 3.05) is 18.4 Å². The van der Waals surface area contributed by atoms with Gasteiger partial charge in [-0.3, -0.25) is 4.79 Å². The highest BCUT2D eigenvalue weighted by Crippen LogP contribution is 2.24. The third-order valence-electron chi connectivity index (χ3n) is 4.48. The number of hydrogen-bond donors (Lipinski definition) is 1. The molecule has 0 unspecified atom stereocenters. The Morgan fingerprint density at radius 3 is 2.38 bits per heavy atom. The summed E-state index contributed by atoms with van der Waals surface area (Å²) in [5, 5.41) is 2.78. The molecule has 26 heavy (non-hydrogen) atoms. The maximum Gasteiger partial charge on any atom is 0.255 e. The maximum atomic E-state index is 12.8. The second kappa shape index (κ2) is 7.90. The molecule has 1 fully saturated rings. The molecule has 1 saturated heterocycles. The van der Waals surface area contributed by atoms with Crippen LogP contribution in [0.15, 0.2) is 57.9 Å². The summed E-state index contributed by atoms with van der Waals surface area (Å²) in [5.41, 5.74) is 1.09. The van der Waals surface area contributed by atoms with Crippen LogP contribution in [0.25, 0.3) is 0 Å². The first-order valence-electron chi connectivity index (χ1n) is 8.53. The smallest absolute Gasteiger partial charge is 0.255 e. The Morgan fingerprint density at radius 1 is 1.12 bits per heavy atom. The zero-order valence-electron chi connectivity index (χ0n) is 14.5. The van der Waals surface area contributed by atoms with E-state index in [1.54, 1.807) is 52.8 Å². The molecule has 1 heterocycles. The number of nitrogens with zero attached hydrogens (tertiary/aromatic N) is 1. The molecule has 0 radical (unpaired) electrons. The van der Waals surface area contributed by atoms with Gasteiger partial charge in [-0.05, 0) is 67.3 Å². The Kier molecular flexibility index (Phi) is 5.79. The van der Waals surface area contributed by atoms with Gasteiger partial charge in [-0.25, -0.2) is 8.42 Å². The quantitative estimate of drug-likeness (QED) is 0.783. The molecule has 0 aromatic heterocycles. The zero-order chi connectivity index (χ0) is 18.7. The van der Waals surface area contributed by atoms with Gasteiger partial charge < -0.3 is 5.32 Å². The van der Waals surface area contributed by atoms with Gasteiger partial charge in [0.2, 0.25) is 10.0 Å². The predicted molar refractivity (Wildman–Crippen MR) is 106 cm³/mol. The number of amides is 1. The van der Waals surface area contributed by atoms with Gasteiger partial charge in [0, 0.05) is 28.8 Å². The lowest BCUT2D eigenvalue weighted by Gasteiger charge is -2.30. The average molecular weight is 437 g/mol. The number of carbonyl (C=O) groups excluding carboxylic acids is 1. The van der Waals surface area contributed by atoms with Crippen LogP contribution in [-0.4, -0.2) is 31.7 Å². The van der Waals surface area contributed by atoms with Gasteiger partial charge in [-0.2, -0.15) is 4.31 Å². The van der Waals surface area contributed by atoms with Gasteiger partial charge in [-0.1, -0.05) is 22.9 Å². The predicted octanol–water partition coefficient (Wildman–Crippen LogP) is 4.12. The van der Waals surface area contributed by atoms with E-state index in [9.17, 15) is 13.2 Å². The number of hydrogen-bond acceptors (Lipinski definition) is 3. The molecule has 2 aromatic carbocycles. The van der Waals surface area contributed by atoms with E-state index in [4.69, 9.17) is 0 Å². The van der Waals surface area contributed by atoms with Crippen molar-refractivity contribution in [2.24, 2.45) is 5.92 Å². The van der Waals surface area contributed by atoms with Crippen LogP contribution in [0.2, 0.25) is 0 Å². The van der Waals surface area contributed by atoms with Crippen LogP contribution in [0.3, 0.4) is 0 Å². The number of benzene rings is 2. The van der Waals surface area contributed by atoms with E-state index in [0.717, 1.165) is 17.3 Å². The van der Waals surface area contributed by atoms with E-state index < -0.39 is 10.0 Å². The minimum Gasteiger partial charge on any atom is -0.322 e. The van der Waals surface area contributed by atoms with Crippen molar-refractivity contribution in [3.63, 3.8) is 0 Å². The highest BCUT2D eigenvalue weighted by Gasteiger charge is 2.28. The minimum absolute atomic E-state index is 0.238. The van der Waals surface area contributed by atoms with Crippen molar-refractivity contribution in [1.29, 1.82) is 0 Å². The fraction of sp³-hybridized carbons (Fsp3) is 0.316. The van der Waals surface area contributed by atoms with Crippen LogP contribution in [-0.2, 0) is 10.0 Å². The first-order chi connectivity index (χ1) is 12.4. The van der Waals surface area contributed by atoms with Crippen molar-refractivity contribution in [2.45, 2.75) is 24.7 Å². The lowest BCUT2D eigenvalue weighted by atomic mass is 10.0. The maximum absolute atomic E-state index is 12.8. The number of rotatable bonds is 4. The van der Waals surface area contributed by atoms with Crippen molar-refractivity contribution in [1.82, 2.24) is 4.31 Å². The molecular weight excluding hydrogens is 416 g/mol. The average Bonchev–Trinajstić information content (AvgIpc) is 2.62. The molecular formula is C19H21BrN2O3S. The highest BCUT2D eigenvalue weighted by molar-refractivity contribution is 9.10. The zero-order valence-corrected chi connectivity index (χ0v) is 16.9. The van der Waals surface area contributed by atoms with Gasteiger partial charge >= 0.3 is 0 Å². The summed E-state index contributed by atoms with van der Waals surface area (Å²) in [7, 11) is -3.48. The molecule has 1 aliphatic heterocycles. The topological polar surface area (TPSA) is 66.5 Å². The Hall–Kier alpha value is -1.70. The molecule has 1 aliphatic rings. The van der Waals surface area contributed by atoms with Crippen molar-refractivity contribution in [3.8, 4) is 0 Å². The second-order valence-electron chi connectivity index (χ2n) is 6.60. The Balaban J connectivity index is 1.71. The van der Waals surface area contributed by atoms with E-state index in [2.05, 4.69) is 28.2 Å². The summed E-state index contributed by atoms with van der Waals surface area (Å²) in [5.74, 6) is 0.140. The van der Waals surface area contributed by atoms with E-state index in [1.165, 1.54) is 0 Å². The van der Waals surface area contributed by atoms with Gasteiger partial charge in [0.15, 0.2) is 0 Å². The third kappa shape index (κ3) is 4.34. The Morgan fingerprint density at radius 2 is 1.77 bits per heavy atom. The van der Waals surface area contributed by atoms with Gasteiger partial charge in [0.25, 0.3) is 5.91 Å². The lowest BCUT2D eigenvalue weighted by molar-refractivity contribution is 0.102. The van der Waals surface area contributed by atoms with E-state index in [1.807, 2.05) is 0 Å². The molecule has 0 saturated carbocycles.